The maximum atomic E-state index is 12.8. The highest BCUT2D eigenvalue weighted by Crippen LogP contribution is 2.34. The van der Waals surface area contributed by atoms with Gasteiger partial charge in [-0.1, -0.05) is 59.1 Å². The van der Waals surface area contributed by atoms with Gasteiger partial charge >= 0.3 is 0 Å². The number of para-hydroxylation sites is 2. The largest absolute Gasteiger partial charge is 0.369 e. The Hall–Kier alpha value is -4.10. The average molecular weight is 627 g/mol. The van der Waals surface area contributed by atoms with Crippen LogP contribution in [0, 0.1) is 0 Å². The summed E-state index contributed by atoms with van der Waals surface area (Å²) < 4.78 is 1.95. The SMILES string of the molecule is O=C(CN1CCN(c2ccccc2)CC1)Nc1nc2cc3nc(NC(=O)CN4CCN(c5ccccc5)CC4)sc3cc2s1. The molecule has 3 aromatic carbocycles. The number of nitrogens with zero attached hydrogens (tertiary/aromatic N) is 6. The fourth-order valence-corrected chi connectivity index (χ4v) is 7.67. The van der Waals surface area contributed by atoms with Gasteiger partial charge in [-0.3, -0.25) is 19.4 Å². The summed E-state index contributed by atoms with van der Waals surface area (Å²) in [5.74, 6) is -0.104. The van der Waals surface area contributed by atoms with Crippen molar-refractivity contribution in [3.63, 3.8) is 0 Å². The first kappa shape index (κ1) is 28.7. The molecule has 7 rings (SSSR count). The molecular weight excluding hydrogens is 593 g/mol. The highest BCUT2D eigenvalue weighted by atomic mass is 32.1. The minimum atomic E-state index is -0.0522. The zero-order valence-electron chi connectivity index (χ0n) is 24.3. The average Bonchev–Trinajstić information content (AvgIpc) is 3.62. The molecule has 4 heterocycles. The molecule has 0 bridgehead atoms. The van der Waals surface area contributed by atoms with E-state index in [9.17, 15) is 9.59 Å². The van der Waals surface area contributed by atoms with Crippen LogP contribution in [0.4, 0.5) is 21.6 Å². The first-order chi connectivity index (χ1) is 21.6. The molecule has 0 aliphatic carbocycles. The number of fused-ring (bicyclic) bond motifs is 2. The lowest BCUT2D eigenvalue weighted by Gasteiger charge is -2.35. The van der Waals surface area contributed by atoms with E-state index >= 15 is 0 Å². The van der Waals surface area contributed by atoms with Gasteiger partial charge in [-0.2, -0.15) is 0 Å². The first-order valence-electron chi connectivity index (χ1n) is 14.9. The van der Waals surface area contributed by atoms with Crippen LogP contribution in [0.3, 0.4) is 0 Å². The van der Waals surface area contributed by atoms with Gasteiger partial charge in [-0.25, -0.2) is 9.97 Å². The molecule has 0 radical (unpaired) electrons. The molecule has 0 saturated carbocycles. The molecule has 2 amide bonds. The Balaban J connectivity index is 0.901. The standard InChI is InChI=1S/C32H34N8O2S2/c41-29(21-37-11-15-39(16-12-37)23-7-3-1-4-8-23)35-31-33-25-19-26-28(20-27(25)43-31)44-32(34-26)36-30(42)22-38-13-17-40(18-14-38)24-9-5-2-6-10-24/h1-10,19-20H,11-18,21-22H2,(H,33,35,41)(H,34,36,42). The van der Waals surface area contributed by atoms with E-state index in [4.69, 9.17) is 0 Å². The van der Waals surface area contributed by atoms with Crippen LogP contribution in [0.2, 0.25) is 0 Å². The van der Waals surface area contributed by atoms with Crippen LogP contribution in [0.15, 0.2) is 72.8 Å². The van der Waals surface area contributed by atoms with Crippen LogP contribution in [0.1, 0.15) is 0 Å². The molecule has 2 N–H and O–H groups in total. The molecular formula is C32H34N8O2S2. The van der Waals surface area contributed by atoms with Crippen molar-refractivity contribution in [1.82, 2.24) is 19.8 Å². The summed E-state index contributed by atoms with van der Waals surface area (Å²) in [6, 6.07) is 24.8. The van der Waals surface area contributed by atoms with Gasteiger partial charge in [0, 0.05) is 63.7 Å². The lowest BCUT2D eigenvalue weighted by Crippen LogP contribution is -2.48. The van der Waals surface area contributed by atoms with E-state index in [1.54, 1.807) is 0 Å². The van der Waals surface area contributed by atoms with E-state index in [0.717, 1.165) is 72.8 Å². The summed E-state index contributed by atoms with van der Waals surface area (Å²) in [6.07, 6.45) is 0. The number of benzene rings is 3. The summed E-state index contributed by atoms with van der Waals surface area (Å²) >= 11 is 2.91. The lowest BCUT2D eigenvalue weighted by molar-refractivity contribution is -0.118. The fourth-order valence-electron chi connectivity index (χ4n) is 5.79. The molecule has 226 valence electrons. The maximum absolute atomic E-state index is 12.8. The van der Waals surface area contributed by atoms with Crippen molar-refractivity contribution < 1.29 is 9.59 Å². The molecule has 0 spiro atoms. The number of carbonyl (C=O) groups is 2. The van der Waals surface area contributed by atoms with Gasteiger partial charge in [0.1, 0.15) is 0 Å². The zero-order chi connectivity index (χ0) is 29.9. The second kappa shape index (κ2) is 12.9. The molecule has 5 aromatic rings. The predicted octanol–water partition coefficient (Wildman–Crippen LogP) is 4.43. The number of carbonyl (C=O) groups excluding carboxylic acids is 2. The summed E-state index contributed by atoms with van der Waals surface area (Å²) in [5.41, 5.74) is 4.02. The minimum absolute atomic E-state index is 0.0522. The topological polar surface area (TPSA) is 96.9 Å². The number of rotatable bonds is 8. The normalized spacial score (nSPS) is 16.5. The van der Waals surface area contributed by atoms with Gasteiger partial charge in [0.15, 0.2) is 10.3 Å². The Morgan fingerprint density at radius 1 is 0.591 bits per heavy atom. The van der Waals surface area contributed by atoms with Crippen molar-refractivity contribution in [2.24, 2.45) is 0 Å². The van der Waals surface area contributed by atoms with Crippen LogP contribution in [-0.4, -0.2) is 97.0 Å². The summed E-state index contributed by atoms with van der Waals surface area (Å²) in [5, 5.41) is 7.15. The predicted molar refractivity (Wildman–Crippen MR) is 180 cm³/mol. The number of piperazine rings is 2. The van der Waals surface area contributed by atoms with Crippen LogP contribution in [0.25, 0.3) is 20.4 Å². The minimum Gasteiger partial charge on any atom is -0.369 e. The first-order valence-corrected chi connectivity index (χ1v) is 16.5. The molecule has 2 aliphatic heterocycles. The van der Waals surface area contributed by atoms with Crippen molar-refractivity contribution in [3.8, 4) is 0 Å². The van der Waals surface area contributed by atoms with Gasteiger partial charge in [0.2, 0.25) is 11.8 Å². The van der Waals surface area contributed by atoms with Crippen molar-refractivity contribution in [2.45, 2.75) is 0 Å². The van der Waals surface area contributed by atoms with E-state index in [0.29, 0.717) is 23.4 Å². The molecule has 2 saturated heterocycles. The number of aromatic nitrogens is 2. The van der Waals surface area contributed by atoms with E-state index < -0.39 is 0 Å². The molecule has 2 aromatic heterocycles. The molecule has 44 heavy (non-hydrogen) atoms. The Morgan fingerprint density at radius 2 is 1.00 bits per heavy atom. The fraction of sp³-hybridized carbons (Fsp3) is 0.312. The molecule has 0 atom stereocenters. The van der Waals surface area contributed by atoms with Crippen LogP contribution >= 0.6 is 22.7 Å². The quantitative estimate of drug-likeness (QED) is 0.261. The molecule has 10 nitrogen and oxygen atoms in total. The maximum Gasteiger partial charge on any atom is 0.240 e. The number of hydrogen-bond donors (Lipinski definition) is 2. The third-order valence-corrected chi connectivity index (χ3v) is 9.98. The number of thiazole rings is 2. The Labute approximate surface area is 263 Å². The smallest absolute Gasteiger partial charge is 0.240 e. The summed E-state index contributed by atoms with van der Waals surface area (Å²) in [7, 11) is 0. The van der Waals surface area contributed by atoms with Gasteiger partial charge in [-0.05, 0) is 36.4 Å². The highest BCUT2D eigenvalue weighted by Gasteiger charge is 2.21. The van der Waals surface area contributed by atoms with E-state index in [2.05, 4.69) is 88.7 Å². The van der Waals surface area contributed by atoms with Crippen molar-refractivity contribution >= 4 is 76.6 Å². The Kier molecular flexibility index (Phi) is 8.38. The van der Waals surface area contributed by atoms with E-state index in [1.165, 1.54) is 34.0 Å². The van der Waals surface area contributed by atoms with Gasteiger partial charge in [0.05, 0.1) is 33.5 Å². The van der Waals surface area contributed by atoms with Gasteiger partial charge in [0.25, 0.3) is 0 Å². The molecule has 0 unspecified atom stereocenters. The zero-order valence-corrected chi connectivity index (χ0v) is 25.9. The van der Waals surface area contributed by atoms with Crippen LogP contribution in [-0.2, 0) is 9.59 Å². The van der Waals surface area contributed by atoms with Crippen LogP contribution in [0.5, 0.6) is 0 Å². The second-order valence-electron chi connectivity index (χ2n) is 11.1. The number of nitrogens with one attached hydrogen (secondary N) is 2. The van der Waals surface area contributed by atoms with Gasteiger partial charge < -0.3 is 20.4 Å². The number of hydrogen-bond acceptors (Lipinski definition) is 10. The summed E-state index contributed by atoms with van der Waals surface area (Å²) in [4.78, 5) is 44.0. The number of amides is 2. The summed E-state index contributed by atoms with van der Waals surface area (Å²) in [6.45, 7) is 7.66. The second-order valence-corrected chi connectivity index (χ2v) is 13.2. The third kappa shape index (κ3) is 6.68. The molecule has 2 fully saturated rings. The molecule has 12 heteroatoms. The van der Waals surface area contributed by atoms with Gasteiger partial charge in [-0.15, -0.1) is 0 Å². The molecule has 2 aliphatic rings. The Bertz CT molecular complexity index is 1570. The third-order valence-electron chi connectivity index (χ3n) is 8.11. The van der Waals surface area contributed by atoms with E-state index in [1.807, 2.05) is 24.3 Å². The van der Waals surface area contributed by atoms with Crippen LogP contribution < -0.4 is 20.4 Å². The highest BCUT2D eigenvalue weighted by molar-refractivity contribution is 7.24. The lowest BCUT2D eigenvalue weighted by atomic mass is 10.2. The monoisotopic (exact) mass is 626 g/mol. The number of anilines is 4. The van der Waals surface area contributed by atoms with E-state index in [-0.39, 0.29) is 11.8 Å². The van der Waals surface area contributed by atoms with Crippen molar-refractivity contribution in [3.05, 3.63) is 72.8 Å². The van der Waals surface area contributed by atoms with Crippen molar-refractivity contribution in [1.29, 1.82) is 0 Å². The van der Waals surface area contributed by atoms with Crippen molar-refractivity contribution in [2.75, 3.05) is 85.9 Å². The Morgan fingerprint density at radius 3 is 1.41 bits per heavy atom.